The smallest absolute Gasteiger partial charge is 0.241 e. The number of alkyl halides is 1. The van der Waals surface area contributed by atoms with Crippen LogP contribution in [0.2, 0.25) is 0 Å². The Hall–Kier alpha value is -2.22. The van der Waals surface area contributed by atoms with Gasteiger partial charge in [0.15, 0.2) is 0 Å². The van der Waals surface area contributed by atoms with Gasteiger partial charge in [-0.05, 0) is 36.1 Å². The van der Waals surface area contributed by atoms with E-state index >= 15 is 0 Å². The Balaban J connectivity index is 1.81. The number of nitrogens with zero attached hydrogens (tertiary/aromatic N) is 3. The molecule has 0 bridgehead atoms. The second-order valence-electron chi connectivity index (χ2n) is 6.14. The van der Waals surface area contributed by atoms with Crippen molar-refractivity contribution in [3.05, 3.63) is 78.4 Å². The average molecular weight is 405 g/mol. The van der Waals surface area contributed by atoms with Crippen molar-refractivity contribution in [2.45, 2.75) is 30.3 Å². The molecule has 0 amide bonds. The zero-order valence-corrected chi connectivity index (χ0v) is 16.3. The zero-order chi connectivity index (χ0) is 19.1. The first-order valence-corrected chi connectivity index (χ1v) is 10.6. The van der Waals surface area contributed by atoms with E-state index in [1.165, 1.54) is 6.33 Å². The number of aromatic nitrogens is 3. The van der Waals surface area contributed by atoms with E-state index in [1.807, 2.05) is 42.5 Å². The number of aryl methyl sites for hydroxylation is 1. The fraction of sp³-hybridized carbons (Fsp3) is 0.263. The van der Waals surface area contributed by atoms with E-state index in [-0.39, 0.29) is 4.90 Å². The van der Waals surface area contributed by atoms with Crippen LogP contribution in [0.1, 0.15) is 23.6 Å². The lowest BCUT2D eigenvalue weighted by Crippen LogP contribution is -2.31. The first kappa shape index (κ1) is 19.5. The lowest BCUT2D eigenvalue weighted by molar-refractivity contribution is 0.482. The topological polar surface area (TPSA) is 76.9 Å². The van der Waals surface area contributed by atoms with Gasteiger partial charge in [0.25, 0.3) is 0 Å². The summed E-state index contributed by atoms with van der Waals surface area (Å²) in [7, 11) is -3.69. The molecule has 0 aliphatic carbocycles. The molecule has 3 rings (SSSR count). The minimum absolute atomic E-state index is 0.233. The Morgan fingerprint density at radius 3 is 2.44 bits per heavy atom. The van der Waals surface area contributed by atoms with Gasteiger partial charge >= 0.3 is 0 Å². The highest BCUT2D eigenvalue weighted by Crippen LogP contribution is 2.19. The third kappa shape index (κ3) is 5.38. The molecule has 1 heterocycles. The van der Waals surface area contributed by atoms with Crippen molar-refractivity contribution in [2.75, 3.05) is 5.88 Å². The number of hydrogen-bond donors (Lipinski definition) is 1. The van der Waals surface area contributed by atoms with Crippen LogP contribution in [0.25, 0.3) is 0 Å². The predicted octanol–water partition coefficient (Wildman–Crippen LogP) is 3.17. The number of sulfonamides is 1. The van der Waals surface area contributed by atoms with Gasteiger partial charge in [-0.3, -0.25) is 4.68 Å². The summed E-state index contributed by atoms with van der Waals surface area (Å²) in [6.45, 7) is 0.344. The lowest BCUT2D eigenvalue weighted by Gasteiger charge is -2.19. The molecule has 0 spiro atoms. The molecule has 6 nitrogen and oxygen atoms in total. The molecule has 1 unspecified atom stereocenters. The number of halogens is 1. The molecular weight excluding hydrogens is 384 g/mol. The molecule has 0 aliphatic rings. The maximum atomic E-state index is 12.9. The number of benzene rings is 2. The Bertz CT molecular complexity index is 930. The standard InChI is InChI=1S/C19H21ClN4O2S/c20-12-4-5-16-8-10-18(11-9-16)27(25,26)23-19(13-24-15-21-14-22-24)17-6-2-1-3-7-17/h1-3,6-11,14-15,19,23H,4-5,12-13H2. The van der Waals surface area contributed by atoms with Crippen LogP contribution in [0.15, 0.2) is 72.1 Å². The normalized spacial score (nSPS) is 12.8. The highest BCUT2D eigenvalue weighted by atomic mass is 35.5. The minimum atomic E-state index is -3.69. The van der Waals surface area contributed by atoms with Gasteiger partial charge in [0.2, 0.25) is 10.0 Å². The van der Waals surface area contributed by atoms with E-state index in [1.54, 1.807) is 23.1 Å². The molecule has 1 atom stereocenters. The van der Waals surface area contributed by atoms with Crippen molar-refractivity contribution in [1.82, 2.24) is 19.5 Å². The quantitative estimate of drug-likeness (QED) is 0.556. The van der Waals surface area contributed by atoms with Crippen molar-refractivity contribution in [3.63, 3.8) is 0 Å². The van der Waals surface area contributed by atoms with E-state index in [4.69, 9.17) is 11.6 Å². The molecule has 0 fully saturated rings. The second kappa shape index (κ2) is 9.12. The Labute approximate surface area is 164 Å². The van der Waals surface area contributed by atoms with Gasteiger partial charge in [-0.15, -0.1) is 11.6 Å². The van der Waals surface area contributed by atoms with Crippen LogP contribution in [0, 0.1) is 0 Å². The molecule has 0 saturated heterocycles. The maximum absolute atomic E-state index is 12.9. The fourth-order valence-corrected chi connectivity index (χ4v) is 4.12. The first-order chi connectivity index (χ1) is 13.1. The summed E-state index contributed by atoms with van der Waals surface area (Å²) in [5.41, 5.74) is 1.92. The third-order valence-electron chi connectivity index (χ3n) is 4.17. The van der Waals surface area contributed by atoms with Gasteiger partial charge in [0.05, 0.1) is 17.5 Å². The number of rotatable bonds is 9. The molecule has 27 heavy (non-hydrogen) atoms. The van der Waals surface area contributed by atoms with Crippen molar-refractivity contribution in [1.29, 1.82) is 0 Å². The molecule has 0 radical (unpaired) electrons. The summed E-state index contributed by atoms with van der Waals surface area (Å²) in [6, 6.07) is 15.9. The summed E-state index contributed by atoms with van der Waals surface area (Å²) in [5.74, 6) is 0.586. The molecule has 3 aromatic rings. The summed E-state index contributed by atoms with van der Waals surface area (Å²) in [5, 5.41) is 4.08. The van der Waals surface area contributed by atoms with Gasteiger partial charge in [-0.2, -0.15) is 5.10 Å². The molecule has 142 valence electrons. The second-order valence-corrected chi connectivity index (χ2v) is 8.23. The predicted molar refractivity (Wildman–Crippen MR) is 105 cm³/mol. The number of nitrogens with one attached hydrogen (secondary N) is 1. The SMILES string of the molecule is O=S(=O)(NC(Cn1cncn1)c1ccccc1)c1ccc(CCCCl)cc1. The highest BCUT2D eigenvalue weighted by Gasteiger charge is 2.22. The third-order valence-corrected chi connectivity index (χ3v) is 5.92. The summed E-state index contributed by atoms with van der Waals surface area (Å²) >= 11 is 5.71. The van der Waals surface area contributed by atoms with Gasteiger partial charge in [0.1, 0.15) is 12.7 Å². The molecule has 2 aromatic carbocycles. The van der Waals surface area contributed by atoms with Crippen molar-refractivity contribution < 1.29 is 8.42 Å². The first-order valence-electron chi connectivity index (χ1n) is 8.63. The van der Waals surface area contributed by atoms with E-state index in [9.17, 15) is 8.42 Å². The van der Waals surface area contributed by atoms with E-state index < -0.39 is 16.1 Å². The van der Waals surface area contributed by atoms with E-state index in [2.05, 4.69) is 14.8 Å². The van der Waals surface area contributed by atoms with Crippen molar-refractivity contribution in [2.24, 2.45) is 0 Å². The molecule has 1 N–H and O–H groups in total. The minimum Gasteiger partial charge on any atom is -0.251 e. The van der Waals surface area contributed by atoms with E-state index in [0.717, 1.165) is 24.0 Å². The van der Waals surface area contributed by atoms with Crippen LogP contribution in [0.4, 0.5) is 0 Å². The van der Waals surface area contributed by atoms with Crippen LogP contribution in [0.3, 0.4) is 0 Å². The largest absolute Gasteiger partial charge is 0.251 e. The summed E-state index contributed by atoms with van der Waals surface area (Å²) in [6.07, 6.45) is 4.68. The molecule has 0 aliphatic heterocycles. The monoisotopic (exact) mass is 404 g/mol. The molecule has 8 heteroatoms. The van der Waals surface area contributed by atoms with Crippen LogP contribution in [0.5, 0.6) is 0 Å². The average Bonchev–Trinajstić information content (AvgIpc) is 3.20. The Morgan fingerprint density at radius 1 is 1.07 bits per heavy atom. The summed E-state index contributed by atoms with van der Waals surface area (Å²) in [4.78, 5) is 4.16. The fourth-order valence-electron chi connectivity index (χ4n) is 2.77. The highest BCUT2D eigenvalue weighted by molar-refractivity contribution is 7.89. The van der Waals surface area contributed by atoms with Crippen LogP contribution >= 0.6 is 11.6 Å². The van der Waals surface area contributed by atoms with Crippen LogP contribution in [-0.4, -0.2) is 29.1 Å². The van der Waals surface area contributed by atoms with E-state index in [0.29, 0.717) is 12.4 Å². The summed E-state index contributed by atoms with van der Waals surface area (Å²) < 4.78 is 30.2. The molecule has 0 saturated carbocycles. The molecular formula is C19H21ClN4O2S. The van der Waals surface area contributed by atoms with Gasteiger partial charge < -0.3 is 0 Å². The maximum Gasteiger partial charge on any atom is 0.241 e. The lowest BCUT2D eigenvalue weighted by atomic mass is 10.1. The zero-order valence-electron chi connectivity index (χ0n) is 14.7. The van der Waals surface area contributed by atoms with Crippen molar-refractivity contribution >= 4 is 21.6 Å². The van der Waals surface area contributed by atoms with Crippen LogP contribution < -0.4 is 4.72 Å². The Kier molecular flexibility index (Phi) is 6.60. The molecule has 1 aromatic heterocycles. The van der Waals surface area contributed by atoms with Crippen molar-refractivity contribution in [3.8, 4) is 0 Å². The van der Waals surface area contributed by atoms with Gasteiger partial charge in [0, 0.05) is 5.88 Å². The number of hydrogen-bond acceptors (Lipinski definition) is 4. The van der Waals surface area contributed by atoms with Gasteiger partial charge in [-0.25, -0.2) is 18.1 Å². The van der Waals surface area contributed by atoms with Crippen LogP contribution in [-0.2, 0) is 23.0 Å². The Morgan fingerprint density at radius 2 is 1.81 bits per heavy atom. The van der Waals surface area contributed by atoms with Gasteiger partial charge in [-0.1, -0.05) is 42.5 Å².